The fraction of sp³-hybridized carbons (Fsp3) is 0.455. The summed E-state index contributed by atoms with van der Waals surface area (Å²) in [7, 11) is 0. The van der Waals surface area contributed by atoms with E-state index in [1.165, 1.54) is 6.07 Å². The van der Waals surface area contributed by atoms with Gasteiger partial charge in [-0.1, -0.05) is 12.1 Å². The molecule has 0 fully saturated rings. The molecule has 1 aromatic rings. The molecule has 1 aromatic carbocycles. The first-order valence-corrected chi connectivity index (χ1v) is 5.81. The van der Waals surface area contributed by atoms with E-state index in [0.717, 1.165) is 0 Å². The van der Waals surface area contributed by atoms with Crippen molar-refractivity contribution >= 4 is 11.4 Å². The van der Waals surface area contributed by atoms with Crippen LogP contribution in [0, 0.1) is 10.1 Å². The fourth-order valence-electron chi connectivity index (χ4n) is 1.83. The normalized spacial score (nSPS) is 10.7. The Kier molecular flexibility index (Phi) is 6.16. The van der Waals surface area contributed by atoms with E-state index in [-0.39, 0.29) is 24.6 Å². The highest BCUT2D eigenvalue weighted by Crippen LogP contribution is 2.28. The van der Waals surface area contributed by atoms with Crippen LogP contribution in [0.25, 0.3) is 0 Å². The second kappa shape index (κ2) is 7.64. The van der Waals surface area contributed by atoms with Gasteiger partial charge in [0.25, 0.3) is 5.69 Å². The molecule has 0 spiro atoms. The van der Waals surface area contributed by atoms with Crippen molar-refractivity contribution in [3.8, 4) is 0 Å². The summed E-state index contributed by atoms with van der Waals surface area (Å²) in [6.45, 7) is 0.976. The predicted octanol–water partition coefficient (Wildman–Crippen LogP) is -0.333. The number of aliphatic hydroxyl groups is 2. The van der Waals surface area contributed by atoms with E-state index in [9.17, 15) is 10.1 Å². The number of benzene rings is 1. The number of hydrogen-bond acceptors (Lipinski definition) is 7. The van der Waals surface area contributed by atoms with Crippen LogP contribution in [0.1, 0.15) is 5.56 Å². The second-order valence-electron chi connectivity index (χ2n) is 3.94. The van der Waals surface area contributed by atoms with Crippen LogP contribution in [0.3, 0.4) is 0 Å². The Labute approximate surface area is 110 Å². The first kappa shape index (κ1) is 15.3. The number of nitrogens with zero attached hydrogens (tertiary/aromatic N) is 2. The van der Waals surface area contributed by atoms with Gasteiger partial charge in [-0.25, -0.2) is 0 Å². The van der Waals surface area contributed by atoms with Crippen molar-refractivity contribution in [2.75, 3.05) is 31.7 Å². The average Bonchev–Trinajstić information content (AvgIpc) is 2.39. The molecule has 0 saturated heterocycles. The minimum Gasteiger partial charge on any atom is -0.395 e. The topological polar surface area (TPSA) is 125 Å². The molecule has 0 aliphatic rings. The minimum absolute atomic E-state index is 0.0552. The van der Waals surface area contributed by atoms with Crippen LogP contribution < -0.4 is 11.3 Å². The van der Waals surface area contributed by atoms with E-state index in [4.69, 9.17) is 16.1 Å². The van der Waals surface area contributed by atoms with E-state index in [0.29, 0.717) is 25.2 Å². The van der Waals surface area contributed by atoms with Gasteiger partial charge in [0, 0.05) is 25.7 Å². The van der Waals surface area contributed by atoms with Gasteiger partial charge in [-0.2, -0.15) is 0 Å². The van der Waals surface area contributed by atoms with Crippen molar-refractivity contribution < 1.29 is 15.1 Å². The zero-order chi connectivity index (χ0) is 14.3. The molecule has 19 heavy (non-hydrogen) atoms. The molecule has 8 nitrogen and oxygen atoms in total. The van der Waals surface area contributed by atoms with E-state index in [2.05, 4.69) is 5.43 Å². The highest BCUT2D eigenvalue weighted by atomic mass is 16.6. The van der Waals surface area contributed by atoms with E-state index < -0.39 is 4.92 Å². The molecule has 0 atom stereocenters. The number of hydrogen-bond donors (Lipinski definition) is 4. The summed E-state index contributed by atoms with van der Waals surface area (Å²) in [5, 5.41) is 28.8. The number of nitrogens with one attached hydrogen (secondary N) is 1. The molecule has 0 radical (unpaired) electrons. The van der Waals surface area contributed by atoms with Gasteiger partial charge in [-0.3, -0.25) is 20.9 Å². The minimum atomic E-state index is -0.513. The average molecular weight is 270 g/mol. The van der Waals surface area contributed by atoms with Gasteiger partial charge in [-0.15, -0.1) is 0 Å². The highest BCUT2D eigenvalue weighted by Gasteiger charge is 2.17. The summed E-state index contributed by atoms with van der Waals surface area (Å²) in [4.78, 5) is 12.2. The van der Waals surface area contributed by atoms with Gasteiger partial charge in [0.05, 0.1) is 18.1 Å². The molecule has 106 valence electrons. The third-order valence-electron chi connectivity index (χ3n) is 2.70. The molecule has 0 aliphatic heterocycles. The van der Waals surface area contributed by atoms with Gasteiger partial charge in [0.15, 0.2) is 0 Å². The monoisotopic (exact) mass is 270 g/mol. The Morgan fingerprint density at radius 3 is 2.42 bits per heavy atom. The van der Waals surface area contributed by atoms with Crippen molar-refractivity contribution in [2.45, 2.75) is 6.54 Å². The lowest BCUT2D eigenvalue weighted by molar-refractivity contribution is -0.384. The maximum atomic E-state index is 10.9. The largest absolute Gasteiger partial charge is 0.395 e. The first-order valence-electron chi connectivity index (χ1n) is 5.81. The molecule has 5 N–H and O–H groups in total. The molecule has 8 heteroatoms. The van der Waals surface area contributed by atoms with Gasteiger partial charge < -0.3 is 15.6 Å². The fourth-order valence-corrected chi connectivity index (χ4v) is 1.83. The van der Waals surface area contributed by atoms with E-state index in [1.807, 2.05) is 0 Å². The number of nitro benzene ring substituents is 1. The van der Waals surface area contributed by atoms with Crippen LogP contribution in [-0.4, -0.2) is 46.3 Å². The van der Waals surface area contributed by atoms with Crippen molar-refractivity contribution in [1.29, 1.82) is 0 Å². The molecule has 0 bridgehead atoms. The van der Waals surface area contributed by atoms with Crippen LogP contribution in [0.2, 0.25) is 0 Å². The van der Waals surface area contributed by atoms with Crippen LogP contribution in [0.15, 0.2) is 18.2 Å². The lowest BCUT2D eigenvalue weighted by Gasteiger charge is -2.21. The van der Waals surface area contributed by atoms with Crippen LogP contribution >= 0.6 is 0 Å². The van der Waals surface area contributed by atoms with Crippen molar-refractivity contribution in [1.82, 2.24) is 4.90 Å². The lowest BCUT2D eigenvalue weighted by atomic mass is 10.1. The smallest absolute Gasteiger partial charge is 0.293 e. The summed E-state index contributed by atoms with van der Waals surface area (Å²) >= 11 is 0. The van der Waals surface area contributed by atoms with E-state index in [1.54, 1.807) is 17.0 Å². The number of para-hydroxylation sites is 1. The number of rotatable bonds is 8. The third-order valence-corrected chi connectivity index (χ3v) is 2.70. The third kappa shape index (κ3) is 4.14. The summed E-state index contributed by atoms with van der Waals surface area (Å²) in [6.07, 6.45) is 0. The first-order chi connectivity index (χ1) is 9.13. The Morgan fingerprint density at radius 2 is 1.95 bits per heavy atom. The van der Waals surface area contributed by atoms with Crippen LogP contribution in [-0.2, 0) is 6.54 Å². The number of anilines is 1. The molecule has 0 unspecified atom stereocenters. The number of nitrogens with two attached hydrogens (primary N) is 1. The van der Waals surface area contributed by atoms with Gasteiger partial charge in [0.2, 0.25) is 0 Å². The number of nitrogen functional groups attached to an aromatic ring is 1. The summed E-state index contributed by atoms with van der Waals surface area (Å²) in [5.41, 5.74) is 3.12. The maximum Gasteiger partial charge on any atom is 0.293 e. The van der Waals surface area contributed by atoms with Crippen molar-refractivity contribution in [3.63, 3.8) is 0 Å². The molecule has 1 rings (SSSR count). The van der Waals surface area contributed by atoms with Gasteiger partial charge >= 0.3 is 0 Å². The number of hydrazine groups is 1. The molecule has 0 heterocycles. The SMILES string of the molecule is NNc1c(CN(CCO)CCO)cccc1[N+](=O)[O-]. The molecule has 0 amide bonds. The van der Waals surface area contributed by atoms with Crippen molar-refractivity contribution in [2.24, 2.45) is 5.84 Å². The zero-order valence-electron chi connectivity index (χ0n) is 10.5. The number of aliphatic hydroxyl groups excluding tert-OH is 2. The zero-order valence-corrected chi connectivity index (χ0v) is 10.5. The summed E-state index contributed by atoms with van der Waals surface area (Å²) < 4.78 is 0. The maximum absolute atomic E-state index is 10.9. The molecule has 0 aromatic heterocycles. The number of nitro groups is 1. The Morgan fingerprint density at radius 1 is 1.32 bits per heavy atom. The Bertz CT molecular complexity index is 421. The Balaban J connectivity index is 2.98. The summed E-state index contributed by atoms with van der Waals surface area (Å²) in [6, 6.07) is 4.65. The Hall–Kier alpha value is -1.74. The van der Waals surface area contributed by atoms with E-state index >= 15 is 0 Å². The molecule has 0 saturated carbocycles. The van der Waals surface area contributed by atoms with Gasteiger partial charge in [-0.05, 0) is 5.56 Å². The predicted molar refractivity (Wildman–Crippen MR) is 70.4 cm³/mol. The van der Waals surface area contributed by atoms with Gasteiger partial charge in [0.1, 0.15) is 5.69 Å². The van der Waals surface area contributed by atoms with Crippen LogP contribution in [0.4, 0.5) is 11.4 Å². The molecule has 0 aliphatic carbocycles. The summed E-state index contributed by atoms with van der Waals surface area (Å²) in [5.74, 6) is 5.34. The standard InChI is InChI=1S/C11H18N4O4/c12-13-11-9(2-1-3-10(11)15(18)19)8-14(4-6-16)5-7-17/h1-3,13,16-17H,4-8,12H2. The highest BCUT2D eigenvalue weighted by molar-refractivity contribution is 5.65. The quantitative estimate of drug-likeness (QED) is 0.289. The van der Waals surface area contributed by atoms with Crippen molar-refractivity contribution in [3.05, 3.63) is 33.9 Å². The molecular weight excluding hydrogens is 252 g/mol. The lowest BCUT2D eigenvalue weighted by Crippen LogP contribution is -2.30. The molecular formula is C11H18N4O4. The second-order valence-corrected chi connectivity index (χ2v) is 3.94. The van der Waals surface area contributed by atoms with Crippen LogP contribution in [0.5, 0.6) is 0 Å².